The average molecular weight is 1010 g/mol. The van der Waals surface area contributed by atoms with E-state index in [0.717, 1.165) is 92.9 Å². The normalized spacial score (nSPS) is 25.2. The quantitative estimate of drug-likeness (QED) is 0.115. The number of hydrogen-bond donors (Lipinski definition) is 4. The van der Waals surface area contributed by atoms with Crippen molar-refractivity contribution in [3.63, 3.8) is 0 Å². The zero-order valence-corrected chi connectivity index (χ0v) is 44.3. The molecule has 14 nitrogen and oxygen atoms in total. The minimum atomic E-state index is -0.641. The molecule has 4 aliphatic carbocycles. The van der Waals surface area contributed by atoms with E-state index < -0.39 is 36.1 Å². The lowest BCUT2D eigenvalue weighted by Crippen LogP contribution is -2.57. The third kappa shape index (κ3) is 13.1. The number of nitrogens with zero attached hydrogens (tertiary/aromatic N) is 2. The van der Waals surface area contributed by atoms with Gasteiger partial charge in [-0.05, 0) is 118 Å². The van der Waals surface area contributed by atoms with Gasteiger partial charge in [0.15, 0.2) is 0 Å². The van der Waals surface area contributed by atoms with Crippen LogP contribution in [-0.2, 0) is 51.1 Å². The molecule has 4 N–H and O–H groups in total. The van der Waals surface area contributed by atoms with Crippen LogP contribution in [-0.4, -0.2) is 115 Å². The highest BCUT2D eigenvalue weighted by Crippen LogP contribution is 2.38. The molecule has 0 spiro atoms. The zero-order chi connectivity index (χ0) is 52.1. The fraction of sp³-hybridized carbons (Fsp3) is 0.633. The molecular weight excluding hydrogens is 933 g/mol. The summed E-state index contributed by atoms with van der Waals surface area (Å²) in [6.07, 6.45) is 13.9. The summed E-state index contributed by atoms with van der Waals surface area (Å²) in [4.78, 5) is 87.0. The Morgan fingerprint density at radius 2 is 1.12 bits per heavy atom. The van der Waals surface area contributed by atoms with Crippen molar-refractivity contribution in [2.75, 3.05) is 33.4 Å². The minimum Gasteiger partial charge on any atom is -0.363 e. The molecule has 2 saturated heterocycles. The van der Waals surface area contributed by atoms with E-state index >= 15 is 0 Å². The summed E-state index contributed by atoms with van der Waals surface area (Å²) < 4.78 is 12.7. The Balaban J connectivity index is 0.858. The van der Waals surface area contributed by atoms with Gasteiger partial charge in [0.05, 0.1) is 30.3 Å². The van der Waals surface area contributed by atoms with Gasteiger partial charge in [0, 0.05) is 44.2 Å². The van der Waals surface area contributed by atoms with Crippen molar-refractivity contribution in [1.82, 2.24) is 31.1 Å². The Labute approximate surface area is 439 Å². The topological polar surface area (TPSA) is 175 Å². The van der Waals surface area contributed by atoms with Gasteiger partial charge in [-0.2, -0.15) is 0 Å². The number of ether oxygens (including phenoxy) is 2. The lowest BCUT2D eigenvalue weighted by Gasteiger charge is -2.35. The largest absolute Gasteiger partial charge is 0.363 e. The summed E-state index contributed by atoms with van der Waals surface area (Å²) in [6.45, 7) is 6.84. The fourth-order valence-electron chi connectivity index (χ4n) is 12.6. The van der Waals surface area contributed by atoms with Crippen LogP contribution in [0.5, 0.6) is 0 Å². The second-order valence-electron chi connectivity index (χ2n) is 21.8. The first-order valence-electron chi connectivity index (χ1n) is 28.0. The Kier molecular flexibility index (Phi) is 19.4. The summed E-state index contributed by atoms with van der Waals surface area (Å²) >= 11 is 0. The Morgan fingerprint density at radius 1 is 0.635 bits per heavy atom. The van der Waals surface area contributed by atoms with Gasteiger partial charge in [-0.1, -0.05) is 113 Å². The van der Waals surface area contributed by atoms with Gasteiger partial charge in [0.2, 0.25) is 29.5 Å². The first-order chi connectivity index (χ1) is 36.0. The van der Waals surface area contributed by atoms with Crippen molar-refractivity contribution in [2.45, 2.75) is 185 Å². The van der Waals surface area contributed by atoms with Crippen molar-refractivity contribution in [3.8, 4) is 23.7 Å². The number of Topliss-reactive ketones (excluding diaryl/α,β-unsaturated/α-hetero) is 1. The predicted octanol–water partition coefficient (Wildman–Crippen LogP) is 6.45. The molecule has 5 amide bonds. The molecule has 2 aromatic rings. The Morgan fingerprint density at radius 3 is 1.62 bits per heavy atom. The van der Waals surface area contributed by atoms with Crippen LogP contribution in [0.25, 0.3) is 0 Å². The Bertz CT molecular complexity index is 2280. The van der Waals surface area contributed by atoms with Crippen LogP contribution >= 0.6 is 0 Å². The maximum Gasteiger partial charge on any atom is 0.246 e. The smallest absolute Gasteiger partial charge is 0.246 e. The first kappa shape index (κ1) is 54.7. The van der Waals surface area contributed by atoms with Gasteiger partial charge in [0.1, 0.15) is 37.1 Å². The molecule has 0 bridgehead atoms. The standard InChI is InChI=1S/C60H80N6O8/c1-5-39(2)56(68)62-53(42-24-12-9-13-25-42)60(72)66-33-21-31-49(66)58(70)64-55-46-29-17-15-27-44(46)37-52(55)74-35-19-7-6-18-34-73-51-36-43-26-14-16-28-45(43)54(51)63-57(69)48-30-20-32-65(48)59(71)47(38-50(67)40(3)61-4)41-22-10-8-11-23-41/h14-17,26-29,39-42,47-49,51-55,61H,5,8-13,20-25,30-38H2,1-4H3,(H,62,68)(H,63,69)(H,64,70)/t39-,40+,47+,48+,49+,51-,52-,53+,54+,55+/m0/s1. The number of hydrogen-bond acceptors (Lipinski definition) is 9. The highest BCUT2D eigenvalue weighted by Gasteiger charge is 2.45. The summed E-state index contributed by atoms with van der Waals surface area (Å²) in [6, 6.07) is 12.9. The molecular formula is C60H80N6O8. The molecule has 6 aliphatic rings. The maximum absolute atomic E-state index is 14.4. The van der Waals surface area contributed by atoms with E-state index in [1.807, 2.05) is 69.3 Å². The van der Waals surface area contributed by atoms with E-state index in [4.69, 9.17) is 9.47 Å². The van der Waals surface area contributed by atoms with Gasteiger partial charge in [-0.25, -0.2) is 0 Å². The molecule has 0 radical (unpaired) electrons. The van der Waals surface area contributed by atoms with Gasteiger partial charge in [0.25, 0.3) is 0 Å². The predicted molar refractivity (Wildman–Crippen MR) is 283 cm³/mol. The monoisotopic (exact) mass is 1010 g/mol. The molecule has 2 aliphatic heterocycles. The van der Waals surface area contributed by atoms with Crippen molar-refractivity contribution in [3.05, 3.63) is 70.8 Å². The van der Waals surface area contributed by atoms with Gasteiger partial charge < -0.3 is 40.5 Å². The number of carbonyl (C=O) groups excluding carboxylic acids is 6. The molecule has 4 fully saturated rings. The molecule has 0 unspecified atom stereocenters. The van der Waals surface area contributed by atoms with Gasteiger partial charge in [-0.3, -0.25) is 28.8 Å². The van der Waals surface area contributed by atoms with Gasteiger partial charge >= 0.3 is 0 Å². The molecule has 2 aromatic carbocycles. The number of nitrogens with one attached hydrogen (secondary N) is 4. The first-order valence-corrected chi connectivity index (χ1v) is 28.0. The molecule has 2 heterocycles. The molecule has 14 heteroatoms. The van der Waals surface area contributed by atoms with Gasteiger partial charge in [-0.15, -0.1) is 0 Å². The van der Waals surface area contributed by atoms with Crippen molar-refractivity contribution < 1.29 is 38.2 Å². The van der Waals surface area contributed by atoms with E-state index in [-0.39, 0.29) is 91.0 Å². The second-order valence-corrected chi connectivity index (χ2v) is 21.8. The number of ketones is 1. The van der Waals surface area contributed by atoms with Crippen molar-refractivity contribution >= 4 is 35.3 Å². The Hall–Kier alpha value is -5.54. The van der Waals surface area contributed by atoms with Crippen LogP contribution in [0.1, 0.15) is 158 Å². The number of benzene rings is 2. The van der Waals surface area contributed by atoms with E-state index in [1.54, 1.807) is 16.8 Å². The third-order valence-electron chi connectivity index (χ3n) is 17.2. The average Bonchev–Trinajstić information content (AvgIpc) is 4.26. The minimum absolute atomic E-state index is 0.0285. The van der Waals surface area contributed by atoms with E-state index in [0.29, 0.717) is 51.6 Å². The number of amides is 5. The van der Waals surface area contributed by atoms with Crippen LogP contribution in [0.2, 0.25) is 0 Å². The van der Waals surface area contributed by atoms with E-state index in [1.165, 1.54) is 0 Å². The zero-order valence-electron chi connectivity index (χ0n) is 44.3. The summed E-state index contributed by atoms with van der Waals surface area (Å²) in [5.74, 6) is 10.7. The van der Waals surface area contributed by atoms with E-state index in [9.17, 15) is 28.8 Å². The number of fused-ring (bicyclic) bond motifs is 2. The second kappa shape index (κ2) is 26.3. The number of rotatable bonds is 19. The third-order valence-corrected chi connectivity index (χ3v) is 17.2. The van der Waals surface area contributed by atoms with Crippen LogP contribution in [0.15, 0.2) is 48.5 Å². The van der Waals surface area contributed by atoms with Crippen molar-refractivity contribution in [2.24, 2.45) is 23.7 Å². The van der Waals surface area contributed by atoms with Crippen LogP contribution < -0.4 is 21.3 Å². The van der Waals surface area contributed by atoms with Crippen LogP contribution in [0.4, 0.5) is 0 Å². The molecule has 10 atom stereocenters. The lowest BCUT2D eigenvalue weighted by molar-refractivity contribution is -0.145. The molecule has 8 rings (SSSR count). The fourth-order valence-corrected chi connectivity index (χ4v) is 12.6. The summed E-state index contributed by atoms with van der Waals surface area (Å²) in [5.41, 5.74) is 4.14. The number of likely N-dealkylation sites (tertiary alicyclic amines) is 2. The molecule has 74 heavy (non-hydrogen) atoms. The van der Waals surface area contributed by atoms with Crippen molar-refractivity contribution in [1.29, 1.82) is 0 Å². The molecule has 2 saturated carbocycles. The molecule has 0 aromatic heterocycles. The highest BCUT2D eigenvalue weighted by atomic mass is 16.5. The SMILES string of the molecule is CC[C@H](C)C(=O)N[C@@H](C(=O)N1CCC[C@@H]1C(=O)N[C@@H]1c2ccccc2C[C@@H]1OCC#CC#CCO[C@H]1Cc2ccccc2[C@H]1NC(=O)[C@H]1CCCN1C(=O)[C@H](CC(=O)[C@@H](C)NC)C1CCCCC1)C1CCCCC1. The van der Waals surface area contributed by atoms with Crippen LogP contribution in [0.3, 0.4) is 0 Å². The maximum atomic E-state index is 14.4. The van der Waals surface area contributed by atoms with Crippen LogP contribution in [0, 0.1) is 47.4 Å². The lowest BCUT2D eigenvalue weighted by atomic mass is 9.76. The van der Waals surface area contributed by atoms with E-state index in [2.05, 4.69) is 44.9 Å². The summed E-state index contributed by atoms with van der Waals surface area (Å²) in [5, 5.41) is 12.7. The number of likely N-dealkylation sites (N-methyl/N-ethyl adjacent to an activating group) is 1. The highest BCUT2D eigenvalue weighted by molar-refractivity contribution is 5.94. The molecule has 398 valence electrons. The summed E-state index contributed by atoms with van der Waals surface area (Å²) in [7, 11) is 1.76. The number of carbonyl (C=O) groups is 6.